The molecule has 1 N–H and O–H groups in total. The molecule has 0 aliphatic carbocycles. The van der Waals surface area contributed by atoms with Crippen LogP contribution in [0.15, 0.2) is 53.3 Å². The van der Waals surface area contributed by atoms with E-state index in [4.69, 9.17) is 14.2 Å². The van der Waals surface area contributed by atoms with Gasteiger partial charge >= 0.3 is 0 Å². The summed E-state index contributed by atoms with van der Waals surface area (Å²) in [6.07, 6.45) is 1.81. The predicted octanol–water partition coefficient (Wildman–Crippen LogP) is 5.03. The molecule has 30 heavy (non-hydrogen) atoms. The maximum Gasteiger partial charge on any atom is 0.203 e. The fourth-order valence-electron chi connectivity index (χ4n) is 3.38. The van der Waals surface area contributed by atoms with Crippen LogP contribution in [-0.2, 0) is 0 Å². The van der Waals surface area contributed by atoms with E-state index >= 15 is 0 Å². The highest BCUT2D eigenvalue weighted by atomic mass is 79.9. The number of benzene rings is 2. The summed E-state index contributed by atoms with van der Waals surface area (Å²) >= 11 is 3.60. The minimum atomic E-state index is 0.544. The zero-order valence-electron chi connectivity index (χ0n) is 17.1. The quantitative estimate of drug-likeness (QED) is 0.429. The SMILES string of the molecule is COc1cc(-c2cc(-c3ncn(-c4ccccc4Br)c3C)[nH]n2)cc(OC)c1OC. The number of ether oxygens (including phenoxy) is 3. The lowest BCUT2D eigenvalue weighted by Crippen LogP contribution is -1.96. The van der Waals surface area contributed by atoms with Crippen molar-refractivity contribution in [1.82, 2.24) is 19.7 Å². The van der Waals surface area contributed by atoms with Crippen molar-refractivity contribution in [2.24, 2.45) is 0 Å². The van der Waals surface area contributed by atoms with Gasteiger partial charge in [-0.2, -0.15) is 5.10 Å². The van der Waals surface area contributed by atoms with Gasteiger partial charge in [-0.3, -0.25) is 5.10 Å². The Hall–Kier alpha value is -3.26. The van der Waals surface area contributed by atoms with Crippen molar-refractivity contribution >= 4 is 15.9 Å². The summed E-state index contributed by atoms with van der Waals surface area (Å²) in [6.45, 7) is 2.03. The molecule has 0 spiro atoms. The van der Waals surface area contributed by atoms with E-state index < -0.39 is 0 Å². The number of imidazole rings is 1. The van der Waals surface area contributed by atoms with Crippen molar-refractivity contribution in [3.8, 4) is 45.6 Å². The zero-order valence-corrected chi connectivity index (χ0v) is 18.6. The highest BCUT2D eigenvalue weighted by molar-refractivity contribution is 9.10. The summed E-state index contributed by atoms with van der Waals surface area (Å²) < 4.78 is 19.3. The Balaban J connectivity index is 1.74. The number of hydrogen-bond acceptors (Lipinski definition) is 5. The second kappa shape index (κ2) is 8.23. The van der Waals surface area contributed by atoms with Crippen LogP contribution >= 0.6 is 15.9 Å². The Morgan fingerprint density at radius 3 is 2.30 bits per heavy atom. The van der Waals surface area contributed by atoms with E-state index in [1.165, 1.54) is 0 Å². The maximum atomic E-state index is 5.45. The van der Waals surface area contributed by atoms with E-state index in [2.05, 4.69) is 31.1 Å². The van der Waals surface area contributed by atoms with Crippen LogP contribution in [0.4, 0.5) is 0 Å². The van der Waals surface area contributed by atoms with E-state index in [-0.39, 0.29) is 0 Å². The van der Waals surface area contributed by atoms with Gasteiger partial charge in [-0.15, -0.1) is 0 Å². The number of nitrogens with one attached hydrogen (secondary N) is 1. The number of aromatic nitrogens is 4. The molecule has 0 amide bonds. The lowest BCUT2D eigenvalue weighted by Gasteiger charge is -2.13. The smallest absolute Gasteiger partial charge is 0.203 e. The van der Waals surface area contributed by atoms with Gasteiger partial charge in [-0.1, -0.05) is 12.1 Å². The molecule has 0 saturated heterocycles. The van der Waals surface area contributed by atoms with Gasteiger partial charge in [0.05, 0.1) is 38.4 Å². The number of hydrogen-bond donors (Lipinski definition) is 1. The number of para-hydroxylation sites is 1. The molecule has 0 aliphatic heterocycles. The Morgan fingerprint density at radius 1 is 0.967 bits per heavy atom. The van der Waals surface area contributed by atoms with E-state index in [1.807, 2.05) is 60.3 Å². The largest absolute Gasteiger partial charge is 0.493 e. The Bertz CT molecular complexity index is 1170. The molecule has 0 bridgehead atoms. The Kier molecular flexibility index (Phi) is 5.50. The molecular weight excluding hydrogens is 448 g/mol. The summed E-state index contributed by atoms with van der Waals surface area (Å²) in [5.74, 6) is 1.69. The average Bonchev–Trinajstić information content (AvgIpc) is 3.40. The minimum absolute atomic E-state index is 0.544. The van der Waals surface area contributed by atoms with Crippen molar-refractivity contribution < 1.29 is 14.2 Å². The van der Waals surface area contributed by atoms with E-state index in [1.54, 1.807) is 21.3 Å². The first-order valence-corrected chi connectivity index (χ1v) is 10.0. The molecule has 2 aromatic heterocycles. The molecule has 0 unspecified atom stereocenters. The second-order valence-electron chi connectivity index (χ2n) is 6.58. The van der Waals surface area contributed by atoms with Crippen molar-refractivity contribution in [2.75, 3.05) is 21.3 Å². The molecule has 4 rings (SSSR count). The van der Waals surface area contributed by atoms with Gasteiger partial charge in [-0.05, 0) is 53.2 Å². The molecule has 0 radical (unpaired) electrons. The lowest BCUT2D eigenvalue weighted by molar-refractivity contribution is 0.324. The van der Waals surface area contributed by atoms with E-state index in [0.717, 1.165) is 38.5 Å². The van der Waals surface area contributed by atoms with Crippen LogP contribution in [0.2, 0.25) is 0 Å². The lowest BCUT2D eigenvalue weighted by atomic mass is 10.1. The number of H-pyrrole nitrogens is 1. The van der Waals surface area contributed by atoms with Gasteiger partial charge in [0, 0.05) is 15.7 Å². The van der Waals surface area contributed by atoms with Gasteiger partial charge in [0.25, 0.3) is 0 Å². The molecule has 7 nitrogen and oxygen atoms in total. The summed E-state index contributed by atoms with van der Waals surface area (Å²) in [4.78, 5) is 4.61. The molecule has 8 heteroatoms. The number of aromatic amines is 1. The number of halogens is 1. The van der Waals surface area contributed by atoms with Crippen LogP contribution in [0, 0.1) is 6.92 Å². The van der Waals surface area contributed by atoms with Crippen LogP contribution in [0.25, 0.3) is 28.3 Å². The third-order valence-corrected chi connectivity index (χ3v) is 5.58. The van der Waals surface area contributed by atoms with Crippen molar-refractivity contribution in [2.45, 2.75) is 6.92 Å². The molecule has 2 aromatic carbocycles. The van der Waals surface area contributed by atoms with Gasteiger partial charge in [0.1, 0.15) is 12.0 Å². The van der Waals surface area contributed by atoms with Crippen LogP contribution in [0.3, 0.4) is 0 Å². The summed E-state index contributed by atoms with van der Waals surface area (Å²) in [7, 11) is 4.76. The molecule has 0 atom stereocenters. The number of rotatable bonds is 6. The first kappa shape index (κ1) is 20.0. The normalized spacial score (nSPS) is 10.8. The Labute approximate surface area is 182 Å². The predicted molar refractivity (Wildman–Crippen MR) is 119 cm³/mol. The molecule has 2 heterocycles. The molecule has 0 aliphatic rings. The van der Waals surface area contributed by atoms with Crippen molar-refractivity contribution in [3.63, 3.8) is 0 Å². The standard InChI is InChI=1S/C22H21BrN4O3/c1-13-21(24-12-27(13)18-8-6-5-7-15(18)23)17-11-16(25-26-17)14-9-19(28-2)22(30-4)20(10-14)29-3/h5-12H,1-4H3,(H,25,26). The molecule has 4 aromatic rings. The highest BCUT2D eigenvalue weighted by Gasteiger charge is 2.18. The third kappa shape index (κ3) is 3.43. The monoisotopic (exact) mass is 468 g/mol. The highest BCUT2D eigenvalue weighted by Crippen LogP contribution is 2.41. The van der Waals surface area contributed by atoms with Crippen LogP contribution in [0.5, 0.6) is 17.2 Å². The molecule has 154 valence electrons. The first-order valence-electron chi connectivity index (χ1n) is 9.22. The maximum absolute atomic E-state index is 5.45. The zero-order chi connectivity index (χ0) is 21.3. The van der Waals surface area contributed by atoms with Gasteiger partial charge in [-0.25, -0.2) is 4.98 Å². The molecule has 0 saturated carbocycles. The minimum Gasteiger partial charge on any atom is -0.493 e. The number of nitrogens with zero attached hydrogens (tertiary/aromatic N) is 3. The topological polar surface area (TPSA) is 74.2 Å². The fourth-order valence-corrected chi connectivity index (χ4v) is 3.86. The average molecular weight is 469 g/mol. The van der Waals surface area contributed by atoms with E-state index in [9.17, 15) is 0 Å². The van der Waals surface area contributed by atoms with E-state index in [0.29, 0.717) is 17.2 Å². The van der Waals surface area contributed by atoms with Gasteiger partial charge in [0.2, 0.25) is 5.75 Å². The van der Waals surface area contributed by atoms with Crippen molar-refractivity contribution in [3.05, 3.63) is 59.0 Å². The fraction of sp³-hybridized carbons (Fsp3) is 0.182. The summed E-state index contributed by atoms with van der Waals surface area (Å²) in [5, 5.41) is 7.57. The van der Waals surface area contributed by atoms with Crippen molar-refractivity contribution in [1.29, 1.82) is 0 Å². The summed E-state index contributed by atoms with van der Waals surface area (Å²) in [5.41, 5.74) is 5.27. The van der Waals surface area contributed by atoms with Gasteiger partial charge < -0.3 is 18.8 Å². The van der Waals surface area contributed by atoms with Crippen LogP contribution in [-0.4, -0.2) is 41.1 Å². The summed E-state index contributed by atoms with van der Waals surface area (Å²) in [6, 6.07) is 13.7. The third-order valence-electron chi connectivity index (χ3n) is 4.91. The molecule has 0 fully saturated rings. The first-order chi connectivity index (χ1) is 14.6. The van der Waals surface area contributed by atoms with Gasteiger partial charge in [0.15, 0.2) is 11.5 Å². The second-order valence-corrected chi connectivity index (χ2v) is 7.44. The van der Waals surface area contributed by atoms with Crippen LogP contribution < -0.4 is 14.2 Å². The molecular formula is C22H21BrN4O3. The number of methoxy groups -OCH3 is 3. The Morgan fingerprint density at radius 2 is 1.67 bits per heavy atom. The van der Waals surface area contributed by atoms with Crippen LogP contribution in [0.1, 0.15) is 5.69 Å².